The molecule has 0 bridgehead atoms. The lowest BCUT2D eigenvalue weighted by Crippen LogP contribution is -2.35. The van der Waals surface area contributed by atoms with Gasteiger partial charge in [0.2, 0.25) is 0 Å². The van der Waals surface area contributed by atoms with Crippen LogP contribution >= 0.6 is 11.6 Å². The molecule has 1 aliphatic rings. The van der Waals surface area contributed by atoms with Crippen molar-refractivity contribution in [2.75, 3.05) is 19.6 Å². The number of hydrogen-bond acceptors (Lipinski definition) is 1. The third-order valence-electron chi connectivity index (χ3n) is 3.43. The second kappa shape index (κ2) is 5.90. The van der Waals surface area contributed by atoms with Gasteiger partial charge in [0.1, 0.15) is 0 Å². The summed E-state index contributed by atoms with van der Waals surface area (Å²) >= 11 is 5.94. The molecule has 0 radical (unpaired) electrons. The summed E-state index contributed by atoms with van der Waals surface area (Å²) in [6.07, 6.45) is 2.37. The van der Waals surface area contributed by atoms with E-state index in [1.54, 1.807) is 0 Å². The van der Waals surface area contributed by atoms with Gasteiger partial charge in [-0.15, -0.1) is 0 Å². The van der Waals surface area contributed by atoms with Crippen LogP contribution in [0.15, 0.2) is 30.3 Å². The molecule has 0 N–H and O–H groups in total. The topological polar surface area (TPSA) is 3.24 Å². The van der Waals surface area contributed by atoms with Gasteiger partial charge < -0.3 is 0 Å². The van der Waals surface area contributed by atoms with E-state index < -0.39 is 0 Å². The molecular weight excluding hydrogens is 242 g/mol. The minimum atomic E-state index is 0.596. The molecule has 1 atom stereocenters. The lowest BCUT2D eigenvalue weighted by Gasteiger charge is -2.32. The van der Waals surface area contributed by atoms with E-state index in [0.717, 1.165) is 24.0 Å². The van der Waals surface area contributed by atoms with E-state index in [9.17, 15) is 0 Å². The van der Waals surface area contributed by atoms with Gasteiger partial charge in [0.15, 0.2) is 0 Å². The summed E-state index contributed by atoms with van der Waals surface area (Å²) in [5.74, 6) is 1.33. The molecule has 98 valence electrons. The van der Waals surface area contributed by atoms with Crippen LogP contribution < -0.4 is 0 Å². The lowest BCUT2D eigenvalue weighted by atomic mass is 9.90. The Morgan fingerprint density at radius 3 is 2.50 bits per heavy atom. The van der Waals surface area contributed by atoms with Crippen molar-refractivity contribution in [3.05, 3.63) is 40.9 Å². The van der Waals surface area contributed by atoms with Crippen LogP contribution in [0.2, 0.25) is 5.02 Å². The summed E-state index contributed by atoms with van der Waals surface area (Å²) in [6.45, 7) is 10.3. The fourth-order valence-electron chi connectivity index (χ4n) is 2.70. The van der Waals surface area contributed by atoms with Crippen LogP contribution in [0.25, 0.3) is 5.57 Å². The van der Waals surface area contributed by atoms with Crippen LogP contribution in [0.1, 0.15) is 26.3 Å². The van der Waals surface area contributed by atoms with E-state index in [-0.39, 0.29) is 0 Å². The number of rotatable bonds is 3. The summed E-state index contributed by atoms with van der Waals surface area (Å²) < 4.78 is 0. The summed E-state index contributed by atoms with van der Waals surface area (Å²) in [6, 6.07) is 8.21. The highest BCUT2D eigenvalue weighted by molar-refractivity contribution is 6.30. The van der Waals surface area contributed by atoms with Crippen LogP contribution in [0.3, 0.4) is 0 Å². The minimum Gasteiger partial charge on any atom is -0.299 e. The van der Waals surface area contributed by atoms with Crippen molar-refractivity contribution >= 4 is 17.2 Å². The van der Waals surface area contributed by atoms with Gasteiger partial charge in [-0.2, -0.15) is 0 Å². The average molecular weight is 264 g/mol. The normalized spacial score (nSPS) is 21.2. The van der Waals surface area contributed by atoms with E-state index in [4.69, 9.17) is 11.6 Å². The molecular formula is C16H22ClN. The molecule has 0 fully saturated rings. The highest BCUT2D eigenvalue weighted by Crippen LogP contribution is 2.28. The van der Waals surface area contributed by atoms with Gasteiger partial charge in [-0.25, -0.2) is 0 Å². The first-order valence-corrected chi connectivity index (χ1v) is 7.12. The van der Waals surface area contributed by atoms with Crippen LogP contribution in [0.4, 0.5) is 0 Å². The largest absolute Gasteiger partial charge is 0.299 e. The quantitative estimate of drug-likeness (QED) is 0.785. The van der Waals surface area contributed by atoms with E-state index in [1.165, 1.54) is 17.7 Å². The third-order valence-corrected chi connectivity index (χ3v) is 3.69. The highest BCUT2D eigenvalue weighted by Gasteiger charge is 2.20. The zero-order valence-electron chi connectivity index (χ0n) is 11.5. The Hall–Kier alpha value is -0.790. The van der Waals surface area contributed by atoms with Gasteiger partial charge in [0.25, 0.3) is 0 Å². The number of halogens is 1. The standard InChI is InChI=1S/C16H22ClN/c1-12(2)10-18-9-8-16(13(3)11-18)14-4-6-15(17)7-5-14/h4-8,12-13H,9-11H2,1-3H3. The molecule has 1 heterocycles. The Balaban J connectivity index is 2.11. The van der Waals surface area contributed by atoms with Gasteiger partial charge in [-0.3, -0.25) is 4.90 Å². The molecule has 2 heteroatoms. The second-order valence-electron chi connectivity index (χ2n) is 5.68. The number of nitrogens with zero attached hydrogens (tertiary/aromatic N) is 1. The molecule has 0 saturated heterocycles. The minimum absolute atomic E-state index is 0.596. The van der Waals surface area contributed by atoms with Gasteiger partial charge in [-0.1, -0.05) is 50.6 Å². The third kappa shape index (κ3) is 3.37. The molecule has 0 saturated carbocycles. The van der Waals surface area contributed by atoms with Crippen molar-refractivity contribution in [2.45, 2.75) is 20.8 Å². The molecule has 1 aromatic rings. The smallest absolute Gasteiger partial charge is 0.0406 e. The van der Waals surface area contributed by atoms with E-state index in [0.29, 0.717) is 5.92 Å². The summed E-state index contributed by atoms with van der Waals surface area (Å²) in [4.78, 5) is 2.54. The van der Waals surface area contributed by atoms with E-state index in [2.05, 4.69) is 43.9 Å². The maximum Gasteiger partial charge on any atom is 0.0406 e. The molecule has 18 heavy (non-hydrogen) atoms. The number of benzene rings is 1. The SMILES string of the molecule is CC(C)CN1CC=C(c2ccc(Cl)cc2)C(C)C1. The highest BCUT2D eigenvalue weighted by atomic mass is 35.5. The molecule has 2 rings (SSSR count). The Kier molecular flexibility index (Phi) is 4.47. The summed E-state index contributed by atoms with van der Waals surface area (Å²) in [7, 11) is 0. The van der Waals surface area contributed by atoms with Crippen LogP contribution in [0, 0.1) is 11.8 Å². The van der Waals surface area contributed by atoms with Crippen molar-refractivity contribution in [1.29, 1.82) is 0 Å². The first-order valence-electron chi connectivity index (χ1n) is 6.74. The molecule has 1 aromatic carbocycles. The molecule has 1 unspecified atom stereocenters. The van der Waals surface area contributed by atoms with Gasteiger partial charge in [-0.05, 0) is 35.1 Å². The van der Waals surface area contributed by atoms with Gasteiger partial charge in [0, 0.05) is 24.7 Å². The van der Waals surface area contributed by atoms with Gasteiger partial charge >= 0.3 is 0 Å². The van der Waals surface area contributed by atoms with Gasteiger partial charge in [0.05, 0.1) is 0 Å². The fourth-order valence-corrected chi connectivity index (χ4v) is 2.82. The molecule has 0 aliphatic carbocycles. The summed E-state index contributed by atoms with van der Waals surface area (Å²) in [5, 5.41) is 0.809. The Morgan fingerprint density at radius 2 is 1.94 bits per heavy atom. The number of hydrogen-bond donors (Lipinski definition) is 0. The molecule has 1 nitrogen and oxygen atoms in total. The maximum atomic E-state index is 5.94. The van der Waals surface area contributed by atoms with Crippen molar-refractivity contribution < 1.29 is 0 Å². The molecule has 1 aliphatic heterocycles. The summed E-state index contributed by atoms with van der Waals surface area (Å²) in [5.41, 5.74) is 2.78. The average Bonchev–Trinajstić information content (AvgIpc) is 2.30. The van der Waals surface area contributed by atoms with Crippen LogP contribution in [-0.4, -0.2) is 24.5 Å². The van der Waals surface area contributed by atoms with Crippen LogP contribution in [0.5, 0.6) is 0 Å². The van der Waals surface area contributed by atoms with Crippen molar-refractivity contribution in [2.24, 2.45) is 11.8 Å². The molecule has 0 amide bonds. The molecule has 0 aromatic heterocycles. The fraction of sp³-hybridized carbons (Fsp3) is 0.500. The zero-order valence-corrected chi connectivity index (χ0v) is 12.2. The van der Waals surface area contributed by atoms with E-state index >= 15 is 0 Å². The maximum absolute atomic E-state index is 5.94. The molecule has 0 spiro atoms. The predicted molar refractivity (Wildman–Crippen MR) is 79.9 cm³/mol. The van der Waals surface area contributed by atoms with Crippen LogP contribution in [-0.2, 0) is 0 Å². The second-order valence-corrected chi connectivity index (χ2v) is 6.12. The lowest BCUT2D eigenvalue weighted by molar-refractivity contribution is 0.243. The Labute approximate surface area is 115 Å². The zero-order chi connectivity index (χ0) is 13.1. The van der Waals surface area contributed by atoms with E-state index in [1.807, 2.05) is 12.1 Å². The Morgan fingerprint density at radius 1 is 1.28 bits per heavy atom. The first kappa shape index (κ1) is 13.6. The van der Waals surface area contributed by atoms with Crippen molar-refractivity contribution in [1.82, 2.24) is 4.90 Å². The first-order chi connectivity index (χ1) is 8.56. The predicted octanol–water partition coefficient (Wildman–Crippen LogP) is 4.33. The van der Waals surface area contributed by atoms with Crippen molar-refractivity contribution in [3.63, 3.8) is 0 Å². The monoisotopic (exact) mass is 263 g/mol. The Bertz CT molecular complexity index is 419. The van der Waals surface area contributed by atoms with Crippen molar-refractivity contribution in [3.8, 4) is 0 Å².